The van der Waals surface area contributed by atoms with E-state index < -0.39 is 5.97 Å². The Morgan fingerprint density at radius 2 is 1.86 bits per heavy atom. The molecule has 0 saturated heterocycles. The predicted molar refractivity (Wildman–Crippen MR) is 77.1 cm³/mol. The van der Waals surface area contributed by atoms with Crippen molar-refractivity contribution in [2.45, 2.75) is 31.7 Å². The van der Waals surface area contributed by atoms with Crippen molar-refractivity contribution in [2.24, 2.45) is 5.92 Å². The van der Waals surface area contributed by atoms with Crippen LogP contribution in [0.4, 0.5) is 0 Å². The number of carboxylic acid groups (broad SMARTS) is 1. The van der Waals surface area contributed by atoms with E-state index in [1.165, 1.54) is 0 Å². The van der Waals surface area contributed by atoms with E-state index >= 15 is 0 Å². The molecule has 2 N–H and O–H groups in total. The summed E-state index contributed by atoms with van der Waals surface area (Å²) in [6, 6.07) is 9.24. The van der Waals surface area contributed by atoms with Gasteiger partial charge in [0.1, 0.15) is 5.58 Å². The maximum atomic E-state index is 12.2. The highest BCUT2D eigenvalue weighted by atomic mass is 16.4. The predicted octanol–water partition coefficient (Wildman–Crippen LogP) is 2.81. The van der Waals surface area contributed by atoms with E-state index in [2.05, 4.69) is 5.32 Å². The third-order valence-corrected chi connectivity index (χ3v) is 4.06. The summed E-state index contributed by atoms with van der Waals surface area (Å²) in [6.07, 6.45) is 2.62. The normalized spacial score (nSPS) is 22.1. The third kappa shape index (κ3) is 2.91. The number of benzene rings is 1. The van der Waals surface area contributed by atoms with E-state index in [-0.39, 0.29) is 17.9 Å². The first-order valence-corrected chi connectivity index (χ1v) is 7.16. The fraction of sp³-hybridized carbons (Fsp3) is 0.375. The summed E-state index contributed by atoms with van der Waals surface area (Å²) in [4.78, 5) is 23.1. The number of aliphatic carboxylic acids is 1. The average molecular weight is 287 g/mol. The van der Waals surface area contributed by atoms with Gasteiger partial charge in [-0.15, -0.1) is 0 Å². The van der Waals surface area contributed by atoms with Crippen molar-refractivity contribution < 1.29 is 19.1 Å². The molecule has 5 nitrogen and oxygen atoms in total. The first-order chi connectivity index (χ1) is 10.1. The largest absolute Gasteiger partial charge is 0.481 e. The van der Waals surface area contributed by atoms with Crippen LogP contribution in [-0.2, 0) is 4.79 Å². The van der Waals surface area contributed by atoms with Crippen molar-refractivity contribution >= 4 is 22.8 Å². The zero-order chi connectivity index (χ0) is 14.8. The van der Waals surface area contributed by atoms with Gasteiger partial charge < -0.3 is 14.8 Å². The summed E-state index contributed by atoms with van der Waals surface area (Å²) in [5, 5.41) is 12.8. The fourth-order valence-corrected chi connectivity index (χ4v) is 2.84. The smallest absolute Gasteiger partial charge is 0.306 e. The van der Waals surface area contributed by atoms with Crippen LogP contribution in [0.2, 0.25) is 0 Å². The number of para-hydroxylation sites is 1. The molecule has 1 aliphatic carbocycles. The van der Waals surface area contributed by atoms with Crippen LogP contribution >= 0.6 is 0 Å². The molecule has 110 valence electrons. The second-order valence-electron chi connectivity index (χ2n) is 5.51. The zero-order valence-electron chi connectivity index (χ0n) is 11.5. The molecular formula is C16H17NO4. The van der Waals surface area contributed by atoms with E-state index in [0.717, 1.165) is 5.39 Å². The molecular weight excluding hydrogens is 270 g/mol. The molecule has 21 heavy (non-hydrogen) atoms. The van der Waals surface area contributed by atoms with E-state index in [1.807, 2.05) is 24.3 Å². The summed E-state index contributed by atoms with van der Waals surface area (Å²) < 4.78 is 5.52. The van der Waals surface area contributed by atoms with Crippen LogP contribution in [0.5, 0.6) is 0 Å². The summed E-state index contributed by atoms with van der Waals surface area (Å²) in [5.74, 6) is -0.942. The van der Waals surface area contributed by atoms with Crippen LogP contribution in [0.1, 0.15) is 36.2 Å². The lowest BCUT2D eigenvalue weighted by molar-refractivity contribution is -0.142. The first-order valence-electron chi connectivity index (χ1n) is 7.16. The molecule has 0 radical (unpaired) electrons. The van der Waals surface area contributed by atoms with E-state index in [0.29, 0.717) is 37.0 Å². The summed E-state index contributed by atoms with van der Waals surface area (Å²) in [5.41, 5.74) is 0.692. The molecule has 1 aliphatic rings. The number of hydrogen-bond acceptors (Lipinski definition) is 3. The van der Waals surface area contributed by atoms with Crippen LogP contribution < -0.4 is 5.32 Å². The number of carboxylic acids is 1. The molecule has 0 unspecified atom stereocenters. The number of nitrogens with one attached hydrogen (secondary N) is 1. The number of rotatable bonds is 3. The van der Waals surface area contributed by atoms with Gasteiger partial charge in [-0.1, -0.05) is 18.2 Å². The Bertz CT molecular complexity index is 635. The maximum absolute atomic E-state index is 12.2. The molecule has 3 rings (SSSR count). The molecule has 0 atom stereocenters. The number of furan rings is 1. The van der Waals surface area contributed by atoms with Gasteiger partial charge in [0, 0.05) is 11.4 Å². The van der Waals surface area contributed by atoms with Crippen LogP contribution in [0, 0.1) is 5.92 Å². The molecule has 0 bridgehead atoms. The SMILES string of the molecule is O=C(NC1CCC(C(=O)O)CC1)c1cc2ccccc2o1. The average Bonchev–Trinajstić information content (AvgIpc) is 2.92. The van der Waals surface area contributed by atoms with Crippen LogP contribution in [0.15, 0.2) is 34.7 Å². The standard InChI is InChI=1S/C16H17NO4/c18-15(14-9-11-3-1-2-4-13(11)21-14)17-12-7-5-10(6-8-12)16(19)20/h1-4,9-10,12H,5-8H2,(H,17,18)(H,19,20). The highest BCUT2D eigenvalue weighted by Crippen LogP contribution is 2.25. The maximum Gasteiger partial charge on any atom is 0.306 e. The quantitative estimate of drug-likeness (QED) is 0.909. The monoisotopic (exact) mass is 287 g/mol. The highest BCUT2D eigenvalue weighted by molar-refractivity contribution is 5.96. The summed E-state index contributed by atoms with van der Waals surface area (Å²) in [6.45, 7) is 0. The molecule has 0 aliphatic heterocycles. The van der Waals surface area contributed by atoms with Gasteiger partial charge in [0.05, 0.1) is 5.92 Å². The molecule has 1 fully saturated rings. The Hall–Kier alpha value is -2.30. The van der Waals surface area contributed by atoms with Gasteiger partial charge in [-0.2, -0.15) is 0 Å². The van der Waals surface area contributed by atoms with Crippen LogP contribution in [-0.4, -0.2) is 23.0 Å². The van der Waals surface area contributed by atoms with Crippen molar-refractivity contribution in [2.75, 3.05) is 0 Å². The van der Waals surface area contributed by atoms with Crippen molar-refractivity contribution in [1.29, 1.82) is 0 Å². The third-order valence-electron chi connectivity index (χ3n) is 4.06. The van der Waals surface area contributed by atoms with Gasteiger partial charge in [-0.3, -0.25) is 9.59 Å². The lowest BCUT2D eigenvalue weighted by Gasteiger charge is -2.26. The second-order valence-corrected chi connectivity index (χ2v) is 5.51. The van der Waals surface area contributed by atoms with Gasteiger partial charge >= 0.3 is 5.97 Å². The van der Waals surface area contributed by atoms with E-state index in [1.54, 1.807) is 6.07 Å². The van der Waals surface area contributed by atoms with Gasteiger partial charge in [-0.05, 0) is 37.8 Å². The van der Waals surface area contributed by atoms with E-state index in [4.69, 9.17) is 9.52 Å². The second kappa shape index (κ2) is 5.60. The number of amides is 1. The van der Waals surface area contributed by atoms with Gasteiger partial charge in [-0.25, -0.2) is 0 Å². The first kappa shape index (κ1) is 13.7. The van der Waals surface area contributed by atoms with Crippen molar-refractivity contribution in [3.8, 4) is 0 Å². The van der Waals surface area contributed by atoms with Gasteiger partial charge in [0.2, 0.25) is 0 Å². The zero-order valence-corrected chi connectivity index (χ0v) is 11.5. The fourth-order valence-electron chi connectivity index (χ4n) is 2.84. The molecule has 0 spiro atoms. The summed E-state index contributed by atoms with van der Waals surface area (Å²) >= 11 is 0. The molecule has 1 aromatic heterocycles. The van der Waals surface area contributed by atoms with Crippen molar-refractivity contribution in [3.63, 3.8) is 0 Å². The molecule has 5 heteroatoms. The lowest BCUT2D eigenvalue weighted by Crippen LogP contribution is -2.38. The van der Waals surface area contributed by atoms with Crippen molar-refractivity contribution in [1.82, 2.24) is 5.32 Å². The van der Waals surface area contributed by atoms with Crippen LogP contribution in [0.25, 0.3) is 11.0 Å². The minimum atomic E-state index is -0.739. The number of fused-ring (bicyclic) bond motifs is 1. The molecule has 1 heterocycles. The Morgan fingerprint density at radius 3 is 2.52 bits per heavy atom. The lowest BCUT2D eigenvalue weighted by atomic mass is 9.86. The Labute approximate surface area is 121 Å². The molecule has 1 saturated carbocycles. The Kier molecular flexibility index (Phi) is 3.64. The Balaban J connectivity index is 1.63. The molecule has 1 amide bonds. The minimum Gasteiger partial charge on any atom is -0.481 e. The van der Waals surface area contributed by atoms with Crippen molar-refractivity contribution in [3.05, 3.63) is 36.1 Å². The summed E-state index contributed by atoms with van der Waals surface area (Å²) in [7, 11) is 0. The minimum absolute atomic E-state index is 0.0290. The molecule has 2 aromatic rings. The van der Waals surface area contributed by atoms with E-state index in [9.17, 15) is 9.59 Å². The highest BCUT2D eigenvalue weighted by Gasteiger charge is 2.27. The van der Waals surface area contributed by atoms with Gasteiger partial charge in [0.25, 0.3) is 5.91 Å². The van der Waals surface area contributed by atoms with Gasteiger partial charge in [0.15, 0.2) is 5.76 Å². The topological polar surface area (TPSA) is 79.5 Å². The molecule has 1 aromatic carbocycles. The van der Waals surface area contributed by atoms with Crippen LogP contribution in [0.3, 0.4) is 0 Å². The number of carbonyl (C=O) groups is 2. The number of hydrogen-bond donors (Lipinski definition) is 2. The number of carbonyl (C=O) groups excluding carboxylic acids is 1. The Morgan fingerprint density at radius 1 is 1.14 bits per heavy atom.